The van der Waals surface area contributed by atoms with Crippen LogP contribution in [0.3, 0.4) is 0 Å². The predicted molar refractivity (Wildman–Crippen MR) is 223 cm³/mol. The molecule has 9 aromatic rings. The number of pyridine rings is 1. The van der Waals surface area contributed by atoms with E-state index in [-0.39, 0.29) is 0 Å². The van der Waals surface area contributed by atoms with Crippen molar-refractivity contribution in [1.82, 2.24) is 9.55 Å². The lowest BCUT2D eigenvalue weighted by Gasteiger charge is -2.24. The highest BCUT2D eigenvalue weighted by molar-refractivity contribution is 6.37. The van der Waals surface area contributed by atoms with E-state index in [1.54, 1.807) is 12.1 Å². The van der Waals surface area contributed by atoms with Crippen molar-refractivity contribution in [2.75, 3.05) is 4.90 Å². The van der Waals surface area contributed by atoms with E-state index >= 15 is 4.79 Å². The largest absolute Gasteiger partial charge is 0.308 e. The predicted octanol–water partition coefficient (Wildman–Crippen LogP) is 11.5. The summed E-state index contributed by atoms with van der Waals surface area (Å²) in [6.07, 6.45) is 0. The molecule has 0 fully saturated rings. The zero-order valence-electron chi connectivity index (χ0n) is 29.9. The van der Waals surface area contributed by atoms with Gasteiger partial charge in [0, 0.05) is 27.5 Å². The van der Waals surface area contributed by atoms with Gasteiger partial charge in [0.2, 0.25) is 0 Å². The zero-order valence-corrected chi connectivity index (χ0v) is 29.9. The van der Waals surface area contributed by atoms with Gasteiger partial charge >= 0.3 is 0 Å². The van der Waals surface area contributed by atoms with Gasteiger partial charge in [-0.3, -0.25) is 9.59 Å². The number of carbonyl (C=O) groups excluding carboxylic acids is 2. The first kappa shape index (κ1) is 32.7. The molecule has 1 aliphatic rings. The summed E-state index contributed by atoms with van der Waals surface area (Å²) in [4.78, 5) is 36.4. The average Bonchev–Trinajstić information content (AvgIpc) is 3.74. The number of benzene rings is 7. The molecule has 0 unspecified atom stereocenters. The lowest BCUT2D eigenvalue weighted by Crippen LogP contribution is -2.30. The summed E-state index contributed by atoms with van der Waals surface area (Å²) in [6.45, 7) is 0. The fourth-order valence-corrected chi connectivity index (χ4v) is 8.13. The monoisotopic (exact) mass is 718 g/mol. The van der Waals surface area contributed by atoms with E-state index in [2.05, 4.69) is 52.0 Å². The summed E-state index contributed by atoms with van der Waals surface area (Å²) in [6, 6.07) is 61.3. The minimum atomic E-state index is -0.407. The Hall–Kier alpha value is -7.88. The van der Waals surface area contributed by atoms with Crippen molar-refractivity contribution >= 4 is 39.3 Å². The van der Waals surface area contributed by atoms with Gasteiger partial charge in [-0.05, 0) is 64.7 Å². The molecule has 0 radical (unpaired) electrons. The van der Waals surface area contributed by atoms with E-state index in [4.69, 9.17) is 0 Å². The molecule has 56 heavy (non-hydrogen) atoms. The molecule has 3 heterocycles. The van der Waals surface area contributed by atoms with E-state index in [1.807, 2.05) is 133 Å². The van der Waals surface area contributed by atoms with Crippen molar-refractivity contribution in [2.24, 2.45) is 0 Å². The Morgan fingerprint density at radius 1 is 0.482 bits per heavy atom. The highest BCUT2D eigenvalue weighted by Gasteiger charge is 2.42. The van der Waals surface area contributed by atoms with E-state index in [1.165, 1.54) is 4.90 Å². The maximum absolute atomic E-state index is 15.4. The van der Waals surface area contributed by atoms with Crippen LogP contribution in [0.2, 0.25) is 0 Å². The molecule has 262 valence electrons. The standard InChI is InChI=1S/C50H30N4O2/c51-31-36-21-12-26-43(52-36)39-24-13-23-38-37-22-10-11-27-44(37)53(47(38)39)45-28-14-25-40-46(45)50(56)54(49(40)55)48-41(33-17-6-2-7-18-33)29-35(32-15-4-1-5-16-32)30-42(48)34-19-8-3-9-20-34/h1-30H. The molecule has 0 atom stereocenters. The smallest absolute Gasteiger partial charge is 0.268 e. The van der Waals surface area contributed by atoms with Gasteiger partial charge in [-0.15, -0.1) is 0 Å². The Morgan fingerprint density at radius 3 is 1.73 bits per heavy atom. The number of hydrogen-bond acceptors (Lipinski definition) is 4. The highest BCUT2D eigenvalue weighted by Crippen LogP contribution is 2.47. The van der Waals surface area contributed by atoms with Crippen LogP contribution in [0.25, 0.3) is 72.1 Å². The van der Waals surface area contributed by atoms with Gasteiger partial charge in [0.15, 0.2) is 0 Å². The van der Waals surface area contributed by atoms with E-state index in [0.717, 1.165) is 60.8 Å². The van der Waals surface area contributed by atoms with Crippen molar-refractivity contribution in [2.45, 2.75) is 0 Å². The van der Waals surface area contributed by atoms with Crippen LogP contribution in [-0.2, 0) is 0 Å². The second kappa shape index (κ2) is 13.2. The quantitative estimate of drug-likeness (QED) is 0.160. The minimum Gasteiger partial charge on any atom is -0.308 e. The van der Waals surface area contributed by atoms with Gasteiger partial charge < -0.3 is 4.57 Å². The fraction of sp³-hybridized carbons (Fsp3) is 0. The van der Waals surface area contributed by atoms with Crippen LogP contribution >= 0.6 is 0 Å². The molecule has 1 aliphatic heterocycles. The van der Waals surface area contributed by atoms with Gasteiger partial charge in [0.05, 0.1) is 39.2 Å². The Balaban J connectivity index is 1.25. The molecule has 2 amide bonds. The van der Waals surface area contributed by atoms with Crippen LogP contribution < -0.4 is 4.90 Å². The van der Waals surface area contributed by atoms with E-state index < -0.39 is 11.8 Å². The number of nitrogens with zero attached hydrogens (tertiary/aromatic N) is 4. The molecule has 6 heteroatoms. The Morgan fingerprint density at radius 2 is 1.05 bits per heavy atom. The maximum Gasteiger partial charge on any atom is 0.268 e. The Bertz CT molecular complexity index is 3010. The van der Waals surface area contributed by atoms with Crippen molar-refractivity contribution < 1.29 is 9.59 Å². The van der Waals surface area contributed by atoms with Crippen LogP contribution in [0.15, 0.2) is 182 Å². The molecule has 6 nitrogen and oxygen atoms in total. The van der Waals surface area contributed by atoms with Gasteiger partial charge in [-0.25, -0.2) is 9.88 Å². The van der Waals surface area contributed by atoms with Crippen LogP contribution in [0, 0.1) is 11.3 Å². The SMILES string of the molecule is N#Cc1cccc(-c2cccc3c4ccccc4n(-c4cccc5c4C(=O)N(c4c(-c6ccccc6)cc(-c6ccccc6)cc4-c4ccccc4)C5=O)c23)n1. The third-order valence-corrected chi connectivity index (χ3v) is 10.6. The Kier molecular flexibility index (Phi) is 7.72. The first-order valence-corrected chi connectivity index (χ1v) is 18.4. The minimum absolute atomic E-state index is 0.306. The summed E-state index contributed by atoms with van der Waals surface area (Å²) in [5, 5.41) is 11.7. The number of carbonyl (C=O) groups is 2. The molecule has 7 aromatic carbocycles. The number of anilines is 1. The second-order valence-electron chi connectivity index (χ2n) is 13.7. The topological polar surface area (TPSA) is 79.0 Å². The van der Waals surface area contributed by atoms with Gasteiger partial charge in [0.1, 0.15) is 11.8 Å². The number of rotatable bonds is 6. The number of para-hydroxylation sites is 2. The number of imide groups is 1. The molecular formula is C50H30N4O2. The summed E-state index contributed by atoms with van der Waals surface area (Å²) >= 11 is 0. The van der Waals surface area contributed by atoms with Crippen LogP contribution in [-0.4, -0.2) is 21.4 Å². The number of fused-ring (bicyclic) bond motifs is 4. The molecule has 0 bridgehead atoms. The fourth-order valence-electron chi connectivity index (χ4n) is 8.13. The summed E-state index contributed by atoms with van der Waals surface area (Å²) in [5.74, 6) is -0.798. The molecule has 0 saturated carbocycles. The van der Waals surface area contributed by atoms with Crippen molar-refractivity contribution in [3.8, 4) is 56.4 Å². The van der Waals surface area contributed by atoms with Crippen molar-refractivity contribution in [3.05, 3.63) is 199 Å². The molecule has 0 saturated heterocycles. The molecular weight excluding hydrogens is 689 g/mol. The first-order chi connectivity index (χ1) is 27.6. The number of hydrogen-bond donors (Lipinski definition) is 0. The Labute approximate surface area is 322 Å². The third kappa shape index (κ3) is 5.14. The summed E-state index contributed by atoms with van der Waals surface area (Å²) in [5.41, 5.74) is 10.5. The van der Waals surface area contributed by atoms with Crippen molar-refractivity contribution in [3.63, 3.8) is 0 Å². The molecule has 10 rings (SSSR count). The molecule has 0 N–H and O–H groups in total. The van der Waals surface area contributed by atoms with E-state index in [0.29, 0.717) is 33.9 Å². The van der Waals surface area contributed by atoms with Crippen LogP contribution in [0.1, 0.15) is 26.4 Å². The summed E-state index contributed by atoms with van der Waals surface area (Å²) in [7, 11) is 0. The summed E-state index contributed by atoms with van der Waals surface area (Å²) < 4.78 is 2.07. The lowest BCUT2D eigenvalue weighted by molar-refractivity contribution is 0.0926. The average molecular weight is 719 g/mol. The molecule has 0 aliphatic carbocycles. The maximum atomic E-state index is 15.4. The second-order valence-corrected chi connectivity index (χ2v) is 13.7. The zero-order chi connectivity index (χ0) is 37.8. The van der Waals surface area contributed by atoms with Gasteiger partial charge in [-0.1, -0.05) is 140 Å². The van der Waals surface area contributed by atoms with Crippen LogP contribution in [0.5, 0.6) is 0 Å². The normalized spacial score (nSPS) is 12.3. The first-order valence-electron chi connectivity index (χ1n) is 18.4. The van der Waals surface area contributed by atoms with Crippen molar-refractivity contribution in [1.29, 1.82) is 5.26 Å². The van der Waals surface area contributed by atoms with Crippen LogP contribution in [0.4, 0.5) is 5.69 Å². The van der Waals surface area contributed by atoms with Gasteiger partial charge in [-0.2, -0.15) is 5.26 Å². The molecule has 2 aromatic heterocycles. The number of aromatic nitrogens is 2. The highest BCUT2D eigenvalue weighted by atomic mass is 16.2. The molecule has 0 spiro atoms. The number of amides is 2. The van der Waals surface area contributed by atoms with E-state index in [9.17, 15) is 10.1 Å². The lowest BCUT2D eigenvalue weighted by atomic mass is 9.90. The number of nitriles is 1. The van der Waals surface area contributed by atoms with Gasteiger partial charge in [0.25, 0.3) is 11.8 Å². The third-order valence-electron chi connectivity index (χ3n) is 10.6.